The number of hydrogen-bond acceptors (Lipinski definition) is 4. The molecule has 0 aliphatic heterocycles. The number of nitrogens with zero attached hydrogens (tertiary/aromatic N) is 4. The van der Waals surface area contributed by atoms with Gasteiger partial charge in [-0.1, -0.05) is 24.3 Å². The summed E-state index contributed by atoms with van der Waals surface area (Å²) in [5.41, 5.74) is 3.36. The SMILES string of the molecule is Cc1cncc(NCc2ccc(Cn3cccn3)cc2)n1. The summed E-state index contributed by atoms with van der Waals surface area (Å²) in [5, 5.41) is 7.48. The summed E-state index contributed by atoms with van der Waals surface area (Å²) >= 11 is 0. The molecule has 0 spiro atoms. The summed E-state index contributed by atoms with van der Waals surface area (Å²) in [5.74, 6) is 0.801. The normalized spacial score (nSPS) is 10.5. The Morgan fingerprint density at radius 1 is 1.10 bits per heavy atom. The van der Waals surface area contributed by atoms with Crippen LogP contribution in [0.4, 0.5) is 5.82 Å². The van der Waals surface area contributed by atoms with Gasteiger partial charge in [-0.15, -0.1) is 0 Å². The minimum Gasteiger partial charge on any atom is -0.365 e. The zero-order valence-electron chi connectivity index (χ0n) is 11.9. The second-order valence-electron chi connectivity index (χ2n) is 4.92. The van der Waals surface area contributed by atoms with Crippen molar-refractivity contribution in [3.8, 4) is 0 Å². The van der Waals surface area contributed by atoms with Crippen LogP contribution in [-0.2, 0) is 13.1 Å². The molecule has 5 nitrogen and oxygen atoms in total. The zero-order chi connectivity index (χ0) is 14.5. The average Bonchev–Trinajstić information content (AvgIpc) is 3.00. The van der Waals surface area contributed by atoms with Crippen molar-refractivity contribution in [2.75, 3.05) is 5.32 Å². The first-order chi connectivity index (χ1) is 10.3. The second kappa shape index (κ2) is 6.17. The monoisotopic (exact) mass is 279 g/mol. The van der Waals surface area contributed by atoms with E-state index in [2.05, 4.69) is 44.6 Å². The second-order valence-corrected chi connectivity index (χ2v) is 4.92. The summed E-state index contributed by atoms with van der Waals surface area (Å²) in [6.07, 6.45) is 7.24. The number of anilines is 1. The van der Waals surface area contributed by atoms with Crippen LogP contribution >= 0.6 is 0 Å². The van der Waals surface area contributed by atoms with Gasteiger partial charge in [0.25, 0.3) is 0 Å². The van der Waals surface area contributed by atoms with E-state index < -0.39 is 0 Å². The topological polar surface area (TPSA) is 55.6 Å². The van der Waals surface area contributed by atoms with Crippen molar-refractivity contribution >= 4 is 5.82 Å². The van der Waals surface area contributed by atoms with Crippen molar-refractivity contribution in [1.82, 2.24) is 19.7 Å². The molecule has 0 atom stereocenters. The molecule has 1 N–H and O–H groups in total. The molecule has 3 rings (SSSR count). The van der Waals surface area contributed by atoms with Crippen LogP contribution in [0.5, 0.6) is 0 Å². The van der Waals surface area contributed by atoms with E-state index in [1.807, 2.05) is 23.9 Å². The molecular weight excluding hydrogens is 262 g/mol. The third-order valence-corrected chi connectivity index (χ3v) is 3.16. The van der Waals surface area contributed by atoms with E-state index in [0.717, 1.165) is 24.6 Å². The van der Waals surface area contributed by atoms with Crippen LogP contribution in [0.3, 0.4) is 0 Å². The van der Waals surface area contributed by atoms with Crippen LogP contribution in [0.1, 0.15) is 16.8 Å². The Bertz CT molecular complexity index is 689. The molecule has 0 aliphatic carbocycles. The van der Waals surface area contributed by atoms with E-state index in [1.165, 1.54) is 11.1 Å². The van der Waals surface area contributed by atoms with Gasteiger partial charge < -0.3 is 5.32 Å². The van der Waals surface area contributed by atoms with Crippen molar-refractivity contribution in [3.05, 3.63) is 71.9 Å². The van der Waals surface area contributed by atoms with Gasteiger partial charge >= 0.3 is 0 Å². The fourth-order valence-electron chi connectivity index (χ4n) is 2.08. The molecule has 0 radical (unpaired) electrons. The van der Waals surface area contributed by atoms with Gasteiger partial charge in [0, 0.05) is 25.1 Å². The fraction of sp³-hybridized carbons (Fsp3) is 0.188. The molecule has 0 unspecified atom stereocenters. The summed E-state index contributed by atoms with van der Waals surface area (Å²) in [6.45, 7) is 3.46. The number of hydrogen-bond donors (Lipinski definition) is 1. The molecule has 0 aliphatic rings. The highest BCUT2D eigenvalue weighted by atomic mass is 15.3. The molecule has 106 valence electrons. The quantitative estimate of drug-likeness (QED) is 0.780. The molecule has 2 aromatic heterocycles. The van der Waals surface area contributed by atoms with Crippen molar-refractivity contribution < 1.29 is 0 Å². The molecular formula is C16H17N5. The highest BCUT2D eigenvalue weighted by molar-refractivity contribution is 5.34. The number of nitrogens with one attached hydrogen (secondary N) is 1. The Kier molecular flexibility index (Phi) is 3.91. The maximum Gasteiger partial charge on any atom is 0.145 e. The summed E-state index contributed by atoms with van der Waals surface area (Å²) in [4.78, 5) is 8.49. The van der Waals surface area contributed by atoms with Crippen LogP contribution in [0, 0.1) is 6.92 Å². The maximum atomic E-state index is 4.37. The van der Waals surface area contributed by atoms with Gasteiger partial charge in [0.05, 0.1) is 18.4 Å². The number of rotatable bonds is 5. The predicted octanol–water partition coefficient (Wildman–Crippen LogP) is 2.64. The van der Waals surface area contributed by atoms with Gasteiger partial charge in [-0.25, -0.2) is 4.98 Å². The highest BCUT2D eigenvalue weighted by Crippen LogP contribution is 2.09. The van der Waals surface area contributed by atoms with Crippen molar-refractivity contribution in [3.63, 3.8) is 0 Å². The van der Waals surface area contributed by atoms with Gasteiger partial charge in [0.15, 0.2) is 0 Å². The van der Waals surface area contributed by atoms with Crippen LogP contribution in [0.25, 0.3) is 0 Å². The Labute approximate surface area is 123 Å². The summed E-state index contributed by atoms with van der Waals surface area (Å²) < 4.78 is 1.91. The minimum absolute atomic E-state index is 0.736. The predicted molar refractivity (Wildman–Crippen MR) is 81.9 cm³/mol. The molecule has 0 saturated carbocycles. The van der Waals surface area contributed by atoms with Gasteiger partial charge in [-0.2, -0.15) is 5.10 Å². The van der Waals surface area contributed by atoms with E-state index in [0.29, 0.717) is 0 Å². The first-order valence-electron chi connectivity index (χ1n) is 6.87. The van der Waals surface area contributed by atoms with Crippen molar-refractivity contribution in [2.45, 2.75) is 20.0 Å². The molecule has 2 heterocycles. The van der Waals surface area contributed by atoms with Crippen LogP contribution in [-0.4, -0.2) is 19.7 Å². The van der Waals surface area contributed by atoms with Crippen molar-refractivity contribution in [1.29, 1.82) is 0 Å². The minimum atomic E-state index is 0.736. The third-order valence-electron chi connectivity index (χ3n) is 3.16. The first kappa shape index (κ1) is 13.3. The van der Waals surface area contributed by atoms with Crippen LogP contribution in [0.15, 0.2) is 55.1 Å². The number of aryl methyl sites for hydroxylation is 1. The summed E-state index contributed by atoms with van der Waals surface area (Å²) in [7, 11) is 0. The lowest BCUT2D eigenvalue weighted by Crippen LogP contribution is -2.03. The van der Waals surface area contributed by atoms with E-state index >= 15 is 0 Å². The zero-order valence-corrected chi connectivity index (χ0v) is 11.9. The van der Waals surface area contributed by atoms with Gasteiger partial charge in [0.2, 0.25) is 0 Å². The number of benzene rings is 1. The van der Waals surface area contributed by atoms with E-state index in [4.69, 9.17) is 0 Å². The lowest BCUT2D eigenvalue weighted by molar-refractivity contribution is 0.686. The van der Waals surface area contributed by atoms with Crippen molar-refractivity contribution in [2.24, 2.45) is 0 Å². The third kappa shape index (κ3) is 3.66. The highest BCUT2D eigenvalue weighted by Gasteiger charge is 1.98. The standard InChI is InChI=1S/C16H17N5/c1-13-9-17-11-16(20-13)18-10-14-3-5-15(6-4-14)12-21-8-2-7-19-21/h2-9,11H,10,12H2,1H3,(H,18,20). The summed E-state index contributed by atoms with van der Waals surface area (Å²) in [6, 6.07) is 10.4. The van der Waals surface area contributed by atoms with E-state index in [1.54, 1.807) is 18.6 Å². The molecule has 0 bridgehead atoms. The largest absolute Gasteiger partial charge is 0.365 e. The Morgan fingerprint density at radius 3 is 2.62 bits per heavy atom. The van der Waals surface area contributed by atoms with E-state index in [9.17, 15) is 0 Å². The number of aromatic nitrogens is 4. The molecule has 0 amide bonds. The molecule has 5 heteroatoms. The Morgan fingerprint density at radius 2 is 1.90 bits per heavy atom. The lowest BCUT2D eigenvalue weighted by Gasteiger charge is -2.07. The van der Waals surface area contributed by atoms with Gasteiger partial charge in [-0.3, -0.25) is 9.67 Å². The van der Waals surface area contributed by atoms with Gasteiger partial charge in [-0.05, 0) is 24.1 Å². The van der Waals surface area contributed by atoms with Crippen LogP contribution < -0.4 is 5.32 Å². The molecule has 0 saturated heterocycles. The molecule has 21 heavy (non-hydrogen) atoms. The maximum absolute atomic E-state index is 4.37. The van der Waals surface area contributed by atoms with Crippen LogP contribution in [0.2, 0.25) is 0 Å². The Balaban J connectivity index is 1.59. The van der Waals surface area contributed by atoms with Gasteiger partial charge in [0.1, 0.15) is 5.82 Å². The smallest absolute Gasteiger partial charge is 0.145 e. The first-order valence-corrected chi connectivity index (χ1v) is 6.87. The lowest BCUT2D eigenvalue weighted by atomic mass is 10.1. The fourth-order valence-corrected chi connectivity index (χ4v) is 2.08. The van der Waals surface area contributed by atoms with E-state index in [-0.39, 0.29) is 0 Å². The molecule has 1 aromatic carbocycles. The molecule has 3 aromatic rings. The average molecular weight is 279 g/mol. The molecule has 0 fully saturated rings. The Hall–Kier alpha value is -2.69.